The van der Waals surface area contributed by atoms with E-state index >= 15 is 0 Å². The molecule has 4 heterocycles. The normalized spacial score (nSPS) is 23.1. The molecule has 8 nitrogen and oxygen atoms in total. The van der Waals surface area contributed by atoms with Gasteiger partial charge >= 0.3 is 6.18 Å². The van der Waals surface area contributed by atoms with E-state index in [2.05, 4.69) is 44.7 Å². The van der Waals surface area contributed by atoms with Crippen LogP contribution in [0.1, 0.15) is 64.4 Å². The van der Waals surface area contributed by atoms with Crippen molar-refractivity contribution in [2.45, 2.75) is 88.7 Å². The van der Waals surface area contributed by atoms with Crippen molar-refractivity contribution in [1.82, 2.24) is 20.2 Å². The highest BCUT2D eigenvalue weighted by molar-refractivity contribution is 5.59. The van der Waals surface area contributed by atoms with Gasteiger partial charge in [0.1, 0.15) is 11.9 Å². The second-order valence-corrected chi connectivity index (χ2v) is 12.0. The van der Waals surface area contributed by atoms with E-state index in [1.54, 1.807) is 0 Å². The SMILES string of the molecule is CC1(C)CC(Nc2nc(Nc3ccc(OC4CCN(C5COC5)CC4)c(C(F)(F)F)c3)ncc2F)CCCCCN1. The highest BCUT2D eigenvalue weighted by Gasteiger charge is 2.36. The molecule has 226 valence electrons. The summed E-state index contributed by atoms with van der Waals surface area (Å²) in [6, 6.07) is 4.20. The molecule has 12 heteroatoms. The number of likely N-dealkylation sites (tertiary alicyclic amines) is 1. The Morgan fingerprint density at radius 2 is 1.88 bits per heavy atom. The molecule has 0 spiro atoms. The number of anilines is 3. The zero-order valence-corrected chi connectivity index (χ0v) is 23.7. The Hall–Kier alpha value is -2.70. The van der Waals surface area contributed by atoms with Crippen LogP contribution in [0.4, 0.5) is 35.0 Å². The maximum absolute atomic E-state index is 14.7. The number of aromatic nitrogens is 2. The number of alkyl halides is 3. The van der Waals surface area contributed by atoms with Gasteiger partial charge in [0.25, 0.3) is 0 Å². The van der Waals surface area contributed by atoms with Gasteiger partial charge in [-0.2, -0.15) is 18.2 Å². The van der Waals surface area contributed by atoms with Crippen molar-refractivity contribution in [3.05, 3.63) is 35.8 Å². The Bertz CT molecular complexity index is 1170. The Labute approximate surface area is 238 Å². The van der Waals surface area contributed by atoms with Gasteiger partial charge in [-0.25, -0.2) is 9.37 Å². The summed E-state index contributed by atoms with van der Waals surface area (Å²) in [6.07, 6.45) is 2.23. The molecule has 0 aliphatic carbocycles. The Balaban J connectivity index is 1.27. The molecule has 3 N–H and O–H groups in total. The first-order valence-corrected chi connectivity index (χ1v) is 14.6. The van der Waals surface area contributed by atoms with E-state index < -0.39 is 17.6 Å². The number of nitrogens with one attached hydrogen (secondary N) is 3. The van der Waals surface area contributed by atoms with E-state index in [4.69, 9.17) is 9.47 Å². The molecule has 5 rings (SSSR count). The first-order valence-electron chi connectivity index (χ1n) is 14.6. The maximum Gasteiger partial charge on any atom is 0.420 e. The average Bonchev–Trinajstić information content (AvgIpc) is 2.96. The number of ether oxygens (including phenoxy) is 2. The lowest BCUT2D eigenvalue weighted by atomic mass is 9.93. The van der Waals surface area contributed by atoms with E-state index in [9.17, 15) is 17.6 Å². The summed E-state index contributed by atoms with van der Waals surface area (Å²) in [5.74, 6) is -0.786. The Morgan fingerprint density at radius 3 is 2.59 bits per heavy atom. The molecular weight excluding hydrogens is 540 g/mol. The molecule has 3 aliphatic rings. The van der Waals surface area contributed by atoms with Crippen LogP contribution in [0.15, 0.2) is 24.4 Å². The molecule has 3 saturated heterocycles. The molecule has 1 atom stereocenters. The largest absolute Gasteiger partial charge is 0.490 e. The summed E-state index contributed by atoms with van der Waals surface area (Å²) in [7, 11) is 0. The fraction of sp³-hybridized carbons (Fsp3) is 0.655. The van der Waals surface area contributed by atoms with E-state index in [1.165, 1.54) is 12.1 Å². The molecular formula is C29H40F4N6O2. The van der Waals surface area contributed by atoms with Crippen molar-refractivity contribution in [3.8, 4) is 5.75 Å². The zero-order chi connectivity index (χ0) is 29.0. The number of nitrogens with zero attached hydrogens (tertiary/aromatic N) is 3. The van der Waals surface area contributed by atoms with Crippen LogP contribution >= 0.6 is 0 Å². The van der Waals surface area contributed by atoms with Crippen LogP contribution in [0.3, 0.4) is 0 Å². The average molecular weight is 581 g/mol. The van der Waals surface area contributed by atoms with Crippen LogP contribution in [0.5, 0.6) is 5.75 Å². The van der Waals surface area contributed by atoms with Gasteiger partial charge in [-0.3, -0.25) is 4.90 Å². The summed E-state index contributed by atoms with van der Waals surface area (Å²) in [5, 5.41) is 9.58. The third-order valence-electron chi connectivity index (χ3n) is 8.12. The van der Waals surface area contributed by atoms with Crippen LogP contribution < -0.4 is 20.7 Å². The molecule has 1 unspecified atom stereocenters. The number of halogens is 4. The van der Waals surface area contributed by atoms with Crippen molar-refractivity contribution in [3.63, 3.8) is 0 Å². The number of piperidine rings is 1. The fourth-order valence-electron chi connectivity index (χ4n) is 5.79. The first-order chi connectivity index (χ1) is 19.6. The van der Waals surface area contributed by atoms with Crippen LogP contribution in [-0.2, 0) is 10.9 Å². The molecule has 41 heavy (non-hydrogen) atoms. The van der Waals surface area contributed by atoms with Gasteiger partial charge in [0.05, 0.1) is 31.0 Å². The Morgan fingerprint density at radius 1 is 1.10 bits per heavy atom. The van der Waals surface area contributed by atoms with Gasteiger partial charge in [0.15, 0.2) is 11.6 Å². The van der Waals surface area contributed by atoms with Gasteiger partial charge in [-0.1, -0.05) is 12.8 Å². The number of rotatable bonds is 7. The number of hydrogen-bond donors (Lipinski definition) is 3. The molecule has 3 fully saturated rings. The zero-order valence-electron chi connectivity index (χ0n) is 23.7. The third-order valence-corrected chi connectivity index (χ3v) is 8.12. The van der Waals surface area contributed by atoms with Crippen LogP contribution in [0.2, 0.25) is 0 Å². The van der Waals surface area contributed by atoms with Gasteiger partial charge in [0.2, 0.25) is 5.95 Å². The monoisotopic (exact) mass is 580 g/mol. The van der Waals surface area contributed by atoms with Gasteiger partial charge in [0, 0.05) is 30.4 Å². The molecule has 0 saturated carbocycles. The second-order valence-electron chi connectivity index (χ2n) is 12.0. The first kappa shape index (κ1) is 29.8. The molecule has 0 bridgehead atoms. The van der Waals surface area contributed by atoms with Crippen LogP contribution in [0.25, 0.3) is 0 Å². The summed E-state index contributed by atoms with van der Waals surface area (Å²) >= 11 is 0. The van der Waals surface area contributed by atoms with E-state index in [-0.39, 0.29) is 40.9 Å². The lowest BCUT2D eigenvalue weighted by Crippen LogP contribution is -2.52. The van der Waals surface area contributed by atoms with Crippen molar-refractivity contribution in [2.75, 3.05) is 43.5 Å². The topological polar surface area (TPSA) is 83.6 Å². The molecule has 3 aliphatic heterocycles. The van der Waals surface area contributed by atoms with Crippen molar-refractivity contribution < 1.29 is 27.0 Å². The smallest absolute Gasteiger partial charge is 0.420 e. The fourth-order valence-corrected chi connectivity index (χ4v) is 5.79. The summed E-state index contributed by atoms with van der Waals surface area (Å²) in [5.41, 5.74) is -0.875. The van der Waals surface area contributed by atoms with E-state index in [0.717, 1.165) is 64.0 Å². The minimum absolute atomic E-state index is 0.00323. The highest BCUT2D eigenvalue weighted by Crippen LogP contribution is 2.39. The van der Waals surface area contributed by atoms with E-state index in [1.807, 2.05) is 0 Å². The molecule has 1 aromatic heterocycles. The lowest BCUT2D eigenvalue weighted by Gasteiger charge is -2.41. The van der Waals surface area contributed by atoms with E-state index in [0.29, 0.717) is 32.1 Å². The lowest BCUT2D eigenvalue weighted by molar-refractivity contribution is -0.139. The molecule has 0 amide bonds. The minimum Gasteiger partial charge on any atom is -0.490 e. The van der Waals surface area contributed by atoms with Gasteiger partial charge < -0.3 is 25.4 Å². The summed E-state index contributed by atoms with van der Waals surface area (Å²) in [4.78, 5) is 10.6. The minimum atomic E-state index is -4.62. The molecule has 2 aromatic rings. The highest BCUT2D eigenvalue weighted by atomic mass is 19.4. The molecule has 0 radical (unpaired) electrons. The van der Waals surface area contributed by atoms with Crippen molar-refractivity contribution in [1.29, 1.82) is 0 Å². The van der Waals surface area contributed by atoms with Crippen molar-refractivity contribution in [2.24, 2.45) is 0 Å². The van der Waals surface area contributed by atoms with Crippen LogP contribution in [-0.4, -0.2) is 71.4 Å². The number of benzene rings is 1. The number of hydrogen-bond acceptors (Lipinski definition) is 8. The van der Waals surface area contributed by atoms with Gasteiger partial charge in [-0.15, -0.1) is 0 Å². The quantitative estimate of drug-likeness (QED) is 0.358. The summed E-state index contributed by atoms with van der Waals surface area (Å²) in [6.45, 7) is 8.15. The third kappa shape index (κ3) is 7.98. The molecule has 1 aromatic carbocycles. The van der Waals surface area contributed by atoms with Crippen LogP contribution in [0, 0.1) is 5.82 Å². The summed E-state index contributed by atoms with van der Waals surface area (Å²) < 4.78 is 68.0. The Kier molecular flexibility index (Phi) is 9.20. The maximum atomic E-state index is 14.7. The van der Waals surface area contributed by atoms with Gasteiger partial charge in [-0.05, 0) is 70.7 Å². The second kappa shape index (κ2) is 12.7. The van der Waals surface area contributed by atoms with Crippen molar-refractivity contribution >= 4 is 17.5 Å². The predicted molar refractivity (Wildman–Crippen MR) is 149 cm³/mol. The predicted octanol–water partition coefficient (Wildman–Crippen LogP) is 5.73. The standard InChI is InChI=1S/C29H40F4N6O2/c1-28(2)15-20(6-4-3-5-11-35-28)36-26-24(30)16-34-27(38-26)37-19-7-8-25(23(14-19)29(31,32)33)41-22-9-12-39(13-10-22)21-17-40-18-21/h7-8,14,16,20-22,35H,3-6,9-13,15,17-18H2,1-2H3,(H2,34,36,37,38).